The van der Waals surface area contributed by atoms with Crippen LogP contribution >= 0.6 is 0 Å². The van der Waals surface area contributed by atoms with Crippen LogP contribution in [0.3, 0.4) is 0 Å². The third-order valence-electron chi connectivity index (χ3n) is 6.33. The van der Waals surface area contributed by atoms with Gasteiger partial charge in [-0.2, -0.15) is 0 Å². The van der Waals surface area contributed by atoms with Crippen molar-refractivity contribution in [3.63, 3.8) is 0 Å². The van der Waals surface area contributed by atoms with Crippen LogP contribution in [0.2, 0.25) is 0 Å². The fourth-order valence-corrected chi connectivity index (χ4v) is 4.93. The number of aromatic nitrogens is 4. The third kappa shape index (κ3) is 2.78. The maximum absolute atomic E-state index is 13.2. The number of carbonyl (C=O) groups is 2. The Morgan fingerprint density at radius 2 is 2.07 bits per heavy atom. The molecule has 1 N–H and O–H groups in total. The van der Waals surface area contributed by atoms with Gasteiger partial charge in [-0.05, 0) is 55.9 Å². The molecular weight excluding hydrogens is 370 g/mol. The molecule has 1 aliphatic carbocycles. The maximum atomic E-state index is 13.2. The average molecular weight is 391 g/mol. The Morgan fingerprint density at radius 1 is 1.21 bits per heavy atom. The molecule has 8 heteroatoms. The van der Waals surface area contributed by atoms with Crippen LogP contribution in [0, 0.1) is 18.8 Å². The normalized spacial score (nSPS) is 23.5. The molecule has 1 saturated heterocycles. The van der Waals surface area contributed by atoms with E-state index in [2.05, 4.69) is 15.3 Å². The number of benzene rings is 1. The monoisotopic (exact) mass is 391 g/mol. The Balaban J connectivity index is 1.48. The lowest BCUT2D eigenvalue weighted by Gasteiger charge is -2.23. The van der Waals surface area contributed by atoms with Gasteiger partial charge in [0.15, 0.2) is 5.69 Å². The third-order valence-corrected chi connectivity index (χ3v) is 6.33. The quantitative estimate of drug-likeness (QED) is 0.736. The van der Waals surface area contributed by atoms with Crippen LogP contribution in [0.1, 0.15) is 35.4 Å². The van der Waals surface area contributed by atoms with E-state index in [1.807, 2.05) is 30.3 Å². The molecule has 1 amide bonds. The van der Waals surface area contributed by atoms with Crippen LogP contribution in [0.5, 0.6) is 0 Å². The summed E-state index contributed by atoms with van der Waals surface area (Å²) in [5, 5.41) is 19.0. The van der Waals surface area contributed by atoms with Crippen molar-refractivity contribution in [3.05, 3.63) is 47.9 Å². The second-order valence-corrected chi connectivity index (χ2v) is 7.91. The molecule has 5 rings (SSSR count). The lowest BCUT2D eigenvalue weighted by atomic mass is 9.94. The summed E-state index contributed by atoms with van der Waals surface area (Å²) in [5.74, 6) is -0.971. The predicted molar refractivity (Wildman–Crippen MR) is 105 cm³/mol. The van der Waals surface area contributed by atoms with Crippen LogP contribution in [0.4, 0.5) is 0 Å². The number of nitrogens with zero attached hydrogens (tertiary/aromatic N) is 5. The van der Waals surface area contributed by atoms with E-state index in [0.717, 1.165) is 35.9 Å². The van der Waals surface area contributed by atoms with Gasteiger partial charge in [0.1, 0.15) is 6.04 Å². The van der Waals surface area contributed by atoms with Gasteiger partial charge < -0.3 is 10.0 Å². The first-order chi connectivity index (χ1) is 14.0. The molecule has 2 fully saturated rings. The van der Waals surface area contributed by atoms with E-state index >= 15 is 0 Å². The molecule has 29 heavy (non-hydrogen) atoms. The van der Waals surface area contributed by atoms with Crippen LogP contribution in [-0.4, -0.2) is 54.4 Å². The molecular formula is C21H21N5O3. The first-order valence-electron chi connectivity index (χ1n) is 9.86. The molecule has 3 aromatic rings. The van der Waals surface area contributed by atoms with Crippen molar-refractivity contribution in [2.24, 2.45) is 11.8 Å². The highest BCUT2D eigenvalue weighted by Gasteiger charge is 2.50. The number of pyridine rings is 1. The van der Waals surface area contributed by atoms with E-state index in [0.29, 0.717) is 12.2 Å². The molecule has 0 spiro atoms. The average Bonchev–Trinajstić information content (AvgIpc) is 3.41. The van der Waals surface area contributed by atoms with Crippen molar-refractivity contribution in [1.29, 1.82) is 0 Å². The van der Waals surface area contributed by atoms with Crippen LogP contribution < -0.4 is 0 Å². The molecule has 2 aromatic heterocycles. The molecule has 2 aliphatic rings. The van der Waals surface area contributed by atoms with Crippen molar-refractivity contribution in [2.75, 3.05) is 6.54 Å². The lowest BCUT2D eigenvalue weighted by molar-refractivity contribution is -0.142. The van der Waals surface area contributed by atoms with Crippen LogP contribution in [-0.2, 0) is 4.79 Å². The van der Waals surface area contributed by atoms with Gasteiger partial charge in [-0.3, -0.25) is 9.78 Å². The number of amides is 1. The Bertz CT molecular complexity index is 1120. The summed E-state index contributed by atoms with van der Waals surface area (Å²) >= 11 is 0. The lowest BCUT2D eigenvalue weighted by Crippen LogP contribution is -2.43. The van der Waals surface area contributed by atoms with E-state index < -0.39 is 12.0 Å². The number of rotatable bonds is 3. The minimum Gasteiger partial charge on any atom is -0.480 e. The molecule has 1 saturated carbocycles. The highest BCUT2D eigenvalue weighted by molar-refractivity contribution is 5.96. The molecule has 3 unspecified atom stereocenters. The molecule has 0 bridgehead atoms. The molecule has 8 nitrogen and oxygen atoms in total. The van der Waals surface area contributed by atoms with Gasteiger partial charge in [-0.25, -0.2) is 9.48 Å². The first-order valence-corrected chi connectivity index (χ1v) is 9.86. The molecule has 3 atom stereocenters. The van der Waals surface area contributed by atoms with Gasteiger partial charge in [0.05, 0.1) is 16.9 Å². The molecule has 1 aromatic carbocycles. The van der Waals surface area contributed by atoms with E-state index in [-0.39, 0.29) is 23.4 Å². The van der Waals surface area contributed by atoms with Crippen molar-refractivity contribution >= 4 is 22.8 Å². The van der Waals surface area contributed by atoms with Crippen LogP contribution in [0.15, 0.2) is 36.5 Å². The Hall–Kier alpha value is -3.29. The zero-order valence-corrected chi connectivity index (χ0v) is 16.0. The summed E-state index contributed by atoms with van der Waals surface area (Å²) in [6, 6.07) is 8.78. The number of hydrogen-bond donors (Lipinski definition) is 1. The smallest absolute Gasteiger partial charge is 0.326 e. The molecule has 148 valence electrons. The minimum atomic E-state index is -0.931. The van der Waals surface area contributed by atoms with Gasteiger partial charge >= 0.3 is 5.97 Å². The largest absolute Gasteiger partial charge is 0.480 e. The summed E-state index contributed by atoms with van der Waals surface area (Å²) in [4.78, 5) is 30.9. The highest BCUT2D eigenvalue weighted by Crippen LogP contribution is 2.42. The topological polar surface area (TPSA) is 101 Å². The van der Waals surface area contributed by atoms with Gasteiger partial charge in [-0.1, -0.05) is 17.7 Å². The number of aliphatic carboxylic acids is 1. The number of carboxylic acid groups (broad SMARTS) is 1. The molecule has 0 radical (unpaired) electrons. The van der Waals surface area contributed by atoms with Crippen molar-refractivity contribution in [1.82, 2.24) is 24.9 Å². The second kappa shape index (κ2) is 6.65. The number of fused-ring (bicyclic) bond motifs is 2. The second-order valence-electron chi connectivity index (χ2n) is 7.91. The van der Waals surface area contributed by atoms with Gasteiger partial charge in [0.25, 0.3) is 5.91 Å². The number of hydrogen-bond acceptors (Lipinski definition) is 5. The summed E-state index contributed by atoms with van der Waals surface area (Å²) < 4.78 is 1.62. The number of carboxylic acids is 1. The summed E-state index contributed by atoms with van der Waals surface area (Å²) in [6.07, 6.45) is 4.62. The Kier molecular flexibility index (Phi) is 4.08. The standard InChI is InChI=1S/C21H21N5O3/c1-12-18(20(27)25-11-14-4-2-6-16(14)19(25)21(28)29)23-24-26(12)15-7-8-17-13(10-15)5-3-9-22-17/h3,5,7-10,14,16,19H,2,4,6,11H2,1H3,(H,28,29). The fraction of sp³-hybridized carbons (Fsp3) is 0.381. The van der Waals surface area contributed by atoms with E-state index in [4.69, 9.17) is 0 Å². The van der Waals surface area contributed by atoms with E-state index in [1.54, 1.807) is 17.8 Å². The minimum absolute atomic E-state index is 0.0415. The van der Waals surface area contributed by atoms with Crippen LogP contribution in [0.25, 0.3) is 16.6 Å². The summed E-state index contributed by atoms with van der Waals surface area (Å²) in [7, 11) is 0. The highest BCUT2D eigenvalue weighted by atomic mass is 16.4. The van der Waals surface area contributed by atoms with Crippen molar-refractivity contribution in [2.45, 2.75) is 32.2 Å². The van der Waals surface area contributed by atoms with Crippen molar-refractivity contribution in [3.8, 4) is 5.69 Å². The fourth-order valence-electron chi connectivity index (χ4n) is 4.93. The zero-order valence-electron chi connectivity index (χ0n) is 16.0. The maximum Gasteiger partial charge on any atom is 0.326 e. The van der Waals surface area contributed by atoms with Crippen molar-refractivity contribution < 1.29 is 14.7 Å². The van der Waals surface area contributed by atoms with E-state index in [9.17, 15) is 14.7 Å². The number of carbonyl (C=O) groups excluding carboxylic acids is 1. The Labute approximate surface area is 167 Å². The Morgan fingerprint density at radius 3 is 2.90 bits per heavy atom. The SMILES string of the molecule is Cc1c(C(=O)N2CC3CCCC3C2C(=O)O)nnn1-c1ccc2ncccc2c1. The zero-order chi connectivity index (χ0) is 20.1. The molecule has 3 heterocycles. The van der Waals surface area contributed by atoms with E-state index in [1.165, 1.54) is 4.90 Å². The predicted octanol–water partition coefficient (Wildman–Crippen LogP) is 2.45. The summed E-state index contributed by atoms with van der Waals surface area (Å²) in [6.45, 7) is 2.27. The first kappa shape index (κ1) is 17.8. The van der Waals surface area contributed by atoms with Gasteiger partial charge in [-0.15, -0.1) is 5.10 Å². The van der Waals surface area contributed by atoms with Gasteiger partial charge in [0.2, 0.25) is 0 Å². The molecule has 1 aliphatic heterocycles. The number of likely N-dealkylation sites (tertiary alicyclic amines) is 1. The summed E-state index contributed by atoms with van der Waals surface area (Å²) in [5.41, 5.74) is 2.46. The van der Waals surface area contributed by atoms with Gasteiger partial charge in [0, 0.05) is 18.1 Å².